The van der Waals surface area contributed by atoms with Crippen LogP contribution in [0.5, 0.6) is 5.75 Å². The topological polar surface area (TPSA) is 80.3 Å². The quantitative estimate of drug-likeness (QED) is 0.840. The van der Waals surface area contributed by atoms with Gasteiger partial charge in [0.15, 0.2) is 6.61 Å². The molecule has 120 valence electrons. The van der Waals surface area contributed by atoms with Crippen LogP contribution in [0.2, 0.25) is 5.02 Å². The smallest absolute Gasteiger partial charge is 0.288 e. The highest BCUT2D eigenvalue weighted by molar-refractivity contribution is 6.32. The molecular weight excluding hydrogens is 318 g/mol. The lowest BCUT2D eigenvalue weighted by atomic mass is 10.1. The molecule has 6 nitrogen and oxygen atoms in total. The number of nitrogens with one attached hydrogen (secondary N) is 2. The van der Waals surface area contributed by atoms with Gasteiger partial charge in [-0.1, -0.05) is 17.7 Å². The molecule has 0 spiro atoms. The Morgan fingerprint density at radius 2 is 1.87 bits per heavy atom. The van der Waals surface area contributed by atoms with Crippen LogP contribution in [0.1, 0.15) is 21.6 Å². The highest BCUT2D eigenvalue weighted by Gasteiger charge is 2.09. The van der Waals surface area contributed by atoms with Crippen molar-refractivity contribution >= 4 is 23.4 Å². The first-order chi connectivity index (χ1) is 11.0. The highest BCUT2D eigenvalue weighted by atomic mass is 35.5. The lowest BCUT2D eigenvalue weighted by molar-refractivity contribution is -0.123. The normalized spacial score (nSPS) is 10.0. The molecule has 0 saturated heterocycles. The van der Waals surface area contributed by atoms with Crippen LogP contribution in [0.4, 0.5) is 0 Å². The fourth-order valence-electron chi connectivity index (χ4n) is 1.86. The number of nitrogens with zero attached hydrogens (tertiary/aromatic N) is 1. The number of amides is 2. The van der Waals surface area contributed by atoms with Gasteiger partial charge in [0, 0.05) is 11.2 Å². The van der Waals surface area contributed by atoms with Crippen LogP contribution in [0.15, 0.2) is 36.5 Å². The van der Waals surface area contributed by atoms with E-state index < -0.39 is 11.8 Å². The largest absolute Gasteiger partial charge is 0.484 e. The summed E-state index contributed by atoms with van der Waals surface area (Å²) in [5, 5.41) is 0.671. The van der Waals surface area contributed by atoms with E-state index in [1.165, 1.54) is 12.3 Å². The van der Waals surface area contributed by atoms with Crippen molar-refractivity contribution in [1.29, 1.82) is 0 Å². The maximum absolute atomic E-state index is 11.7. The van der Waals surface area contributed by atoms with Crippen LogP contribution >= 0.6 is 11.6 Å². The minimum Gasteiger partial charge on any atom is -0.484 e. The summed E-state index contributed by atoms with van der Waals surface area (Å²) in [6.07, 6.45) is 1.49. The zero-order chi connectivity index (χ0) is 16.8. The lowest BCUT2D eigenvalue weighted by Crippen LogP contribution is -2.44. The van der Waals surface area contributed by atoms with E-state index in [1.807, 2.05) is 13.8 Å². The Hall–Kier alpha value is -2.60. The fourth-order valence-corrected chi connectivity index (χ4v) is 1.97. The number of aromatic nitrogens is 1. The van der Waals surface area contributed by atoms with Crippen LogP contribution in [0.3, 0.4) is 0 Å². The zero-order valence-corrected chi connectivity index (χ0v) is 13.5. The summed E-state index contributed by atoms with van der Waals surface area (Å²) in [6.45, 7) is 3.48. The first-order valence-corrected chi connectivity index (χ1v) is 7.25. The van der Waals surface area contributed by atoms with Gasteiger partial charge in [0.25, 0.3) is 11.8 Å². The van der Waals surface area contributed by atoms with E-state index in [0.29, 0.717) is 10.8 Å². The molecule has 2 aromatic rings. The zero-order valence-electron chi connectivity index (χ0n) is 12.7. The number of benzene rings is 1. The first-order valence-electron chi connectivity index (χ1n) is 6.87. The number of pyridine rings is 1. The molecule has 0 aliphatic heterocycles. The average Bonchev–Trinajstić information content (AvgIpc) is 2.56. The molecule has 0 fully saturated rings. The Bertz CT molecular complexity index is 697. The average molecular weight is 334 g/mol. The Balaban J connectivity index is 1.83. The van der Waals surface area contributed by atoms with Crippen molar-refractivity contribution < 1.29 is 14.3 Å². The molecular formula is C16H16ClN3O3. The molecule has 0 aliphatic rings. The number of carbonyl (C=O) groups excluding carboxylic acids is 2. The number of rotatable bonds is 4. The van der Waals surface area contributed by atoms with Gasteiger partial charge in [-0.25, -0.2) is 0 Å². The molecule has 0 unspecified atom stereocenters. The van der Waals surface area contributed by atoms with Gasteiger partial charge in [-0.3, -0.25) is 25.4 Å². The number of hydrazine groups is 1. The monoisotopic (exact) mass is 333 g/mol. The third-order valence-electron chi connectivity index (χ3n) is 2.99. The predicted octanol–water partition coefficient (Wildman–Crippen LogP) is 2.19. The molecule has 1 heterocycles. The summed E-state index contributed by atoms with van der Waals surface area (Å²) in [4.78, 5) is 27.3. The molecule has 0 radical (unpaired) electrons. The van der Waals surface area contributed by atoms with Crippen LogP contribution in [-0.2, 0) is 4.79 Å². The van der Waals surface area contributed by atoms with Crippen molar-refractivity contribution in [3.63, 3.8) is 0 Å². The number of hydrogen-bond donors (Lipinski definition) is 2. The molecule has 1 aromatic carbocycles. The third-order valence-corrected chi connectivity index (χ3v) is 3.59. The van der Waals surface area contributed by atoms with Gasteiger partial charge in [0.2, 0.25) is 0 Å². The van der Waals surface area contributed by atoms with Crippen molar-refractivity contribution in [1.82, 2.24) is 15.8 Å². The maximum atomic E-state index is 11.7. The number of hydrogen-bond acceptors (Lipinski definition) is 4. The van der Waals surface area contributed by atoms with Gasteiger partial charge < -0.3 is 4.74 Å². The molecule has 0 bridgehead atoms. The number of aryl methyl sites for hydroxylation is 2. The van der Waals surface area contributed by atoms with Crippen LogP contribution in [0, 0.1) is 13.8 Å². The molecule has 0 atom stereocenters. The second-order valence-electron chi connectivity index (χ2n) is 4.88. The second-order valence-corrected chi connectivity index (χ2v) is 5.25. The van der Waals surface area contributed by atoms with Crippen molar-refractivity contribution in [2.45, 2.75) is 13.8 Å². The molecule has 2 rings (SSSR count). The van der Waals surface area contributed by atoms with Crippen molar-refractivity contribution in [2.75, 3.05) is 6.61 Å². The summed E-state index contributed by atoms with van der Waals surface area (Å²) in [6, 6.07) is 8.40. The molecule has 2 amide bonds. The Morgan fingerprint density at radius 1 is 1.17 bits per heavy atom. The summed E-state index contributed by atoms with van der Waals surface area (Å²) < 4.78 is 5.38. The standard InChI is InChI=1S/C16H16ClN3O3/c1-10-7-12(8-11(2)15(10)17)23-9-14(21)19-20-16(22)13-5-3-4-6-18-13/h3-8H,9H2,1-2H3,(H,19,21)(H,20,22). The maximum Gasteiger partial charge on any atom is 0.288 e. The first kappa shape index (κ1) is 16.8. The van der Waals surface area contributed by atoms with Crippen molar-refractivity contribution in [3.8, 4) is 5.75 Å². The van der Waals surface area contributed by atoms with E-state index >= 15 is 0 Å². The van der Waals surface area contributed by atoms with E-state index in [-0.39, 0.29) is 12.3 Å². The van der Waals surface area contributed by atoms with Crippen LogP contribution in [-0.4, -0.2) is 23.4 Å². The summed E-state index contributed by atoms with van der Waals surface area (Å²) in [5.74, 6) is -0.452. The Kier molecular flexibility index (Phi) is 5.54. The van der Waals surface area contributed by atoms with Gasteiger partial charge >= 0.3 is 0 Å². The van der Waals surface area contributed by atoms with Gasteiger partial charge in [-0.15, -0.1) is 0 Å². The number of carbonyl (C=O) groups is 2. The van der Waals surface area contributed by atoms with Crippen molar-refractivity contribution in [2.24, 2.45) is 0 Å². The van der Waals surface area contributed by atoms with E-state index in [1.54, 1.807) is 24.3 Å². The van der Waals surface area contributed by atoms with E-state index in [9.17, 15) is 9.59 Å². The van der Waals surface area contributed by atoms with Gasteiger partial charge in [-0.05, 0) is 49.2 Å². The van der Waals surface area contributed by atoms with Gasteiger partial charge in [0.05, 0.1) is 0 Å². The highest BCUT2D eigenvalue weighted by Crippen LogP contribution is 2.25. The predicted molar refractivity (Wildman–Crippen MR) is 86.3 cm³/mol. The van der Waals surface area contributed by atoms with Crippen LogP contribution < -0.4 is 15.6 Å². The van der Waals surface area contributed by atoms with Crippen molar-refractivity contribution in [3.05, 3.63) is 58.4 Å². The molecule has 0 saturated carbocycles. The van der Waals surface area contributed by atoms with Gasteiger partial charge in [0.1, 0.15) is 11.4 Å². The minimum absolute atomic E-state index is 0.206. The van der Waals surface area contributed by atoms with E-state index in [4.69, 9.17) is 16.3 Å². The minimum atomic E-state index is -0.503. The second kappa shape index (κ2) is 7.60. The van der Waals surface area contributed by atoms with E-state index in [2.05, 4.69) is 15.8 Å². The molecule has 7 heteroatoms. The number of halogens is 1. The number of ether oxygens (including phenoxy) is 1. The SMILES string of the molecule is Cc1cc(OCC(=O)NNC(=O)c2ccccn2)cc(C)c1Cl. The molecule has 2 N–H and O–H groups in total. The fraction of sp³-hybridized carbons (Fsp3) is 0.188. The van der Waals surface area contributed by atoms with E-state index in [0.717, 1.165) is 11.1 Å². The molecule has 23 heavy (non-hydrogen) atoms. The lowest BCUT2D eigenvalue weighted by Gasteiger charge is -2.10. The summed E-state index contributed by atoms with van der Waals surface area (Å²) in [5.41, 5.74) is 6.47. The summed E-state index contributed by atoms with van der Waals surface area (Å²) >= 11 is 6.07. The Labute approximate surface area is 138 Å². The molecule has 1 aromatic heterocycles. The molecule has 0 aliphatic carbocycles. The van der Waals surface area contributed by atoms with Crippen LogP contribution in [0.25, 0.3) is 0 Å². The third kappa shape index (κ3) is 4.69. The van der Waals surface area contributed by atoms with Gasteiger partial charge in [-0.2, -0.15) is 0 Å². The Morgan fingerprint density at radius 3 is 2.48 bits per heavy atom. The summed E-state index contributed by atoms with van der Waals surface area (Å²) in [7, 11) is 0.